The number of para-hydroxylation sites is 1. The first-order valence-electron chi connectivity index (χ1n) is 6.76. The summed E-state index contributed by atoms with van der Waals surface area (Å²) in [6.45, 7) is 2.28. The fraction of sp³-hybridized carbons (Fsp3) is 0.250. The third-order valence-electron chi connectivity index (χ3n) is 3.56. The van der Waals surface area contributed by atoms with Gasteiger partial charge in [-0.05, 0) is 42.0 Å². The fourth-order valence-corrected chi connectivity index (χ4v) is 3.27. The van der Waals surface area contributed by atoms with Crippen molar-refractivity contribution in [3.05, 3.63) is 51.7 Å². The molecule has 0 saturated carbocycles. The van der Waals surface area contributed by atoms with Crippen molar-refractivity contribution in [1.29, 1.82) is 0 Å². The highest BCUT2D eigenvalue weighted by Crippen LogP contribution is 2.27. The second kappa shape index (κ2) is 5.69. The maximum absolute atomic E-state index is 12.2. The molecule has 2 aromatic rings. The zero-order valence-electron chi connectivity index (χ0n) is 11.7. The van der Waals surface area contributed by atoms with Crippen molar-refractivity contribution >= 4 is 28.9 Å². The number of rotatable bonds is 3. The van der Waals surface area contributed by atoms with Crippen LogP contribution in [-0.2, 0) is 16.0 Å². The first-order valence-corrected chi connectivity index (χ1v) is 7.64. The summed E-state index contributed by atoms with van der Waals surface area (Å²) < 4.78 is 5.14. The van der Waals surface area contributed by atoms with Crippen LogP contribution in [0.25, 0.3) is 0 Å². The van der Waals surface area contributed by atoms with E-state index >= 15 is 0 Å². The maximum atomic E-state index is 12.2. The minimum Gasteiger partial charge on any atom is -0.451 e. The van der Waals surface area contributed by atoms with Gasteiger partial charge in [-0.1, -0.05) is 18.2 Å². The Hall–Kier alpha value is -2.14. The van der Waals surface area contributed by atoms with Crippen molar-refractivity contribution < 1.29 is 14.3 Å². The van der Waals surface area contributed by atoms with Gasteiger partial charge in [0.2, 0.25) is 0 Å². The van der Waals surface area contributed by atoms with Crippen molar-refractivity contribution in [2.24, 2.45) is 0 Å². The van der Waals surface area contributed by atoms with Crippen LogP contribution in [0, 0.1) is 6.92 Å². The van der Waals surface area contributed by atoms with Gasteiger partial charge < -0.3 is 9.64 Å². The van der Waals surface area contributed by atoms with Crippen LogP contribution < -0.4 is 4.90 Å². The first kappa shape index (κ1) is 13.8. The highest BCUT2D eigenvalue weighted by molar-refractivity contribution is 7.12. The number of hydrogen-bond donors (Lipinski definition) is 0. The van der Waals surface area contributed by atoms with Crippen LogP contribution in [0.5, 0.6) is 0 Å². The molecule has 0 unspecified atom stereocenters. The van der Waals surface area contributed by atoms with Gasteiger partial charge >= 0.3 is 5.97 Å². The lowest BCUT2D eigenvalue weighted by molar-refractivity contribution is -0.121. The van der Waals surface area contributed by atoms with Crippen LogP contribution in [0.2, 0.25) is 0 Å². The molecule has 0 bridgehead atoms. The fourth-order valence-electron chi connectivity index (χ4n) is 2.45. The van der Waals surface area contributed by atoms with Crippen molar-refractivity contribution in [3.63, 3.8) is 0 Å². The predicted molar refractivity (Wildman–Crippen MR) is 81.8 cm³/mol. The van der Waals surface area contributed by atoms with Gasteiger partial charge in [0.25, 0.3) is 5.91 Å². The maximum Gasteiger partial charge on any atom is 0.349 e. The number of nitrogens with zero attached hydrogens (tertiary/aromatic N) is 1. The summed E-state index contributed by atoms with van der Waals surface area (Å²) >= 11 is 1.33. The molecule has 2 heterocycles. The number of fused-ring (bicyclic) bond motifs is 1. The van der Waals surface area contributed by atoms with Crippen molar-refractivity contribution in [1.82, 2.24) is 0 Å². The Morgan fingerprint density at radius 2 is 2.10 bits per heavy atom. The summed E-state index contributed by atoms with van der Waals surface area (Å²) in [5.41, 5.74) is 2.96. The molecular weight excluding hydrogens is 286 g/mol. The summed E-state index contributed by atoms with van der Waals surface area (Å²) in [7, 11) is 0. The zero-order valence-corrected chi connectivity index (χ0v) is 12.5. The molecule has 0 saturated heterocycles. The number of hydrogen-bond acceptors (Lipinski definition) is 4. The summed E-state index contributed by atoms with van der Waals surface area (Å²) in [4.78, 5) is 26.4. The summed E-state index contributed by atoms with van der Waals surface area (Å²) in [5.74, 6) is -0.606. The highest BCUT2D eigenvalue weighted by Gasteiger charge is 2.25. The molecule has 1 amide bonds. The molecule has 4 nitrogen and oxygen atoms in total. The topological polar surface area (TPSA) is 46.6 Å². The largest absolute Gasteiger partial charge is 0.451 e. The third kappa shape index (κ3) is 2.69. The van der Waals surface area contributed by atoms with E-state index in [1.807, 2.05) is 42.6 Å². The number of aryl methyl sites for hydroxylation is 1. The zero-order chi connectivity index (χ0) is 14.8. The standard InChI is InChI=1S/C16H15NO3S/c1-11-7-9-21-15(11)16(19)20-10-14(18)17-8-6-12-4-2-3-5-13(12)17/h2-5,7,9H,6,8,10H2,1H3. The van der Waals surface area contributed by atoms with Gasteiger partial charge in [-0.15, -0.1) is 11.3 Å². The molecule has 21 heavy (non-hydrogen) atoms. The lowest BCUT2D eigenvalue weighted by Gasteiger charge is -2.17. The summed E-state index contributed by atoms with van der Waals surface area (Å²) in [6.07, 6.45) is 0.847. The first-order chi connectivity index (χ1) is 10.2. The Bertz CT molecular complexity index is 692. The van der Waals surface area contributed by atoms with Gasteiger partial charge in [0.1, 0.15) is 4.88 Å². The third-order valence-corrected chi connectivity index (χ3v) is 4.56. The molecule has 5 heteroatoms. The van der Waals surface area contributed by atoms with E-state index in [9.17, 15) is 9.59 Å². The van der Waals surface area contributed by atoms with E-state index in [0.29, 0.717) is 11.4 Å². The van der Waals surface area contributed by atoms with Gasteiger partial charge in [0.15, 0.2) is 6.61 Å². The molecular formula is C16H15NO3S. The minimum atomic E-state index is -0.427. The van der Waals surface area contributed by atoms with E-state index in [0.717, 1.165) is 23.2 Å². The molecule has 108 valence electrons. The van der Waals surface area contributed by atoms with Crippen LogP contribution >= 0.6 is 11.3 Å². The van der Waals surface area contributed by atoms with Crippen LogP contribution in [0.4, 0.5) is 5.69 Å². The Morgan fingerprint density at radius 1 is 1.29 bits per heavy atom. The van der Waals surface area contributed by atoms with Gasteiger partial charge in [-0.2, -0.15) is 0 Å². The highest BCUT2D eigenvalue weighted by atomic mass is 32.1. The molecule has 0 radical (unpaired) electrons. The quantitative estimate of drug-likeness (QED) is 0.819. The smallest absolute Gasteiger partial charge is 0.349 e. The number of ether oxygens (including phenoxy) is 1. The van der Waals surface area contributed by atoms with Crippen molar-refractivity contribution in [2.75, 3.05) is 18.1 Å². The molecule has 0 spiro atoms. The molecule has 1 aliphatic rings. The number of carbonyl (C=O) groups is 2. The van der Waals surface area contributed by atoms with Crippen LogP contribution in [-0.4, -0.2) is 25.0 Å². The van der Waals surface area contributed by atoms with E-state index in [1.165, 1.54) is 11.3 Å². The average molecular weight is 301 g/mol. The van der Waals surface area contributed by atoms with Crippen molar-refractivity contribution in [2.45, 2.75) is 13.3 Å². The molecule has 0 aliphatic carbocycles. The predicted octanol–water partition coefficient (Wildman–Crippen LogP) is 2.80. The number of esters is 1. The SMILES string of the molecule is Cc1ccsc1C(=O)OCC(=O)N1CCc2ccccc21. The lowest BCUT2D eigenvalue weighted by atomic mass is 10.2. The monoisotopic (exact) mass is 301 g/mol. The minimum absolute atomic E-state index is 0.178. The van der Waals surface area contributed by atoms with E-state index in [1.54, 1.807) is 4.90 Å². The summed E-state index contributed by atoms with van der Waals surface area (Å²) in [6, 6.07) is 9.67. The number of thiophene rings is 1. The Labute approximate surface area is 127 Å². The second-order valence-corrected chi connectivity index (χ2v) is 5.85. The van der Waals surface area contributed by atoms with Gasteiger partial charge in [-0.25, -0.2) is 4.79 Å². The van der Waals surface area contributed by atoms with E-state index in [-0.39, 0.29) is 12.5 Å². The lowest BCUT2D eigenvalue weighted by Crippen LogP contribution is -2.33. The molecule has 1 aromatic heterocycles. The van der Waals surface area contributed by atoms with Gasteiger partial charge in [0, 0.05) is 12.2 Å². The van der Waals surface area contributed by atoms with Crippen LogP contribution in [0.1, 0.15) is 20.8 Å². The summed E-state index contributed by atoms with van der Waals surface area (Å²) in [5, 5.41) is 1.84. The number of anilines is 1. The molecule has 0 atom stereocenters. The van der Waals surface area contributed by atoms with Gasteiger partial charge in [-0.3, -0.25) is 4.79 Å². The van der Waals surface area contributed by atoms with Crippen molar-refractivity contribution in [3.8, 4) is 0 Å². The van der Waals surface area contributed by atoms with Gasteiger partial charge in [0.05, 0.1) is 0 Å². The Kier molecular flexibility index (Phi) is 3.75. The normalized spacial score (nSPS) is 13.1. The molecule has 0 N–H and O–H groups in total. The second-order valence-electron chi connectivity index (χ2n) is 4.93. The molecule has 0 fully saturated rings. The Morgan fingerprint density at radius 3 is 2.86 bits per heavy atom. The van der Waals surface area contributed by atoms with E-state index < -0.39 is 5.97 Å². The van der Waals surface area contributed by atoms with Crippen LogP contribution in [0.15, 0.2) is 35.7 Å². The number of benzene rings is 1. The molecule has 1 aromatic carbocycles. The van der Waals surface area contributed by atoms with E-state index in [4.69, 9.17) is 4.74 Å². The number of carbonyl (C=O) groups excluding carboxylic acids is 2. The molecule has 3 rings (SSSR count). The number of amides is 1. The van der Waals surface area contributed by atoms with E-state index in [2.05, 4.69) is 0 Å². The molecule has 1 aliphatic heterocycles. The average Bonchev–Trinajstić information content (AvgIpc) is 3.10. The Balaban J connectivity index is 1.63. The van der Waals surface area contributed by atoms with Crippen LogP contribution in [0.3, 0.4) is 0 Å².